The van der Waals surface area contributed by atoms with E-state index in [0.29, 0.717) is 5.75 Å². The van der Waals surface area contributed by atoms with E-state index >= 15 is 0 Å². The molecule has 0 unspecified atom stereocenters. The maximum atomic E-state index is 5.41. The SMILES string of the molecule is COc1cc2c(cc1OC)C(c1ccccc1)=NN=CC2. The molecular formula is C17H16N2O2. The number of fused-ring (bicyclic) bond motifs is 1. The van der Waals surface area contributed by atoms with Crippen molar-refractivity contribution < 1.29 is 9.47 Å². The molecule has 21 heavy (non-hydrogen) atoms. The van der Waals surface area contributed by atoms with Gasteiger partial charge in [-0.25, -0.2) is 0 Å². The van der Waals surface area contributed by atoms with Crippen LogP contribution in [0.3, 0.4) is 0 Å². The zero-order valence-corrected chi connectivity index (χ0v) is 12.0. The van der Waals surface area contributed by atoms with Gasteiger partial charge >= 0.3 is 0 Å². The molecule has 1 heterocycles. The van der Waals surface area contributed by atoms with Gasteiger partial charge in [-0.2, -0.15) is 10.2 Å². The Hall–Kier alpha value is -2.62. The molecule has 0 N–H and O–H groups in total. The van der Waals surface area contributed by atoms with E-state index in [4.69, 9.17) is 9.47 Å². The highest BCUT2D eigenvalue weighted by Crippen LogP contribution is 2.32. The molecule has 4 nitrogen and oxygen atoms in total. The van der Waals surface area contributed by atoms with E-state index in [0.717, 1.165) is 34.6 Å². The molecule has 3 rings (SSSR count). The van der Waals surface area contributed by atoms with Gasteiger partial charge in [-0.3, -0.25) is 0 Å². The van der Waals surface area contributed by atoms with Crippen LogP contribution < -0.4 is 9.47 Å². The molecule has 0 atom stereocenters. The summed E-state index contributed by atoms with van der Waals surface area (Å²) < 4.78 is 10.8. The summed E-state index contributed by atoms with van der Waals surface area (Å²) in [4.78, 5) is 0. The standard InChI is InChI=1S/C17H16N2O2/c1-20-15-10-13-8-9-18-19-17(12-6-4-3-5-7-12)14(13)11-16(15)21-2/h3-7,9-11H,8H2,1-2H3. The van der Waals surface area contributed by atoms with E-state index in [2.05, 4.69) is 10.2 Å². The van der Waals surface area contributed by atoms with Crippen LogP contribution in [0.25, 0.3) is 0 Å². The first kappa shape index (κ1) is 13.4. The fourth-order valence-electron chi connectivity index (χ4n) is 2.41. The molecule has 0 spiro atoms. The van der Waals surface area contributed by atoms with Crippen LogP contribution in [0.5, 0.6) is 11.5 Å². The summed E-state index contributed by atoms with van der Waals surface area (Å²) in [7, 11) is 3.28. The van der Waals surface area contributed by atoms with Gasteiger partial charge in [0.25, 0.3) is 0 Å². The zero-order chi connectivity index (χ0) is 14.7. The van der Waals surface area contributed by atoms with Crippen molar-refractivity contribution in [3.05, 3.63) is 59.2 Å². The predicted octanol–water partition coefficient (Wildman–Crippen LogP) is 3.08. The maximum Gasteiger partial charge on any atom is 0.161 e. The van der Waals surface area contributed by atoms with Gasteiger partial charge in [0.1, 0.15) is 5.71 Å². The Morgan fingerprint density at radius 3 is 2.38 bits per heavy atom. The Morgan fingerprint density at radius 2 is 1.67 bits per heavy atom. The Labute approximate surface area is 123 Å². The highest BCUT2D eigenvalue weighted by molar-refractivity contribution is 6.14. The van der Waals surface area contributed by atoms with Gasteiger partial charge < -0.3 is 9.47 Å². The fraction of sp³-hybridized carbons (Fsp3) is 0.176. The number of hydrogen-bond donors (Lipinski definition) is 0. The van der Waals surface area contributed by atoms with E-state index in [9.17, 15) is 0 Å². The molecule has 106 valence electrons. The van der Waals surface area contributed by atoms with Crippen molar-refractivity contribution in [2.24, 2.45) is 10.2 Å². The van der Waals surface area contributed by atoms with E-state index in [-0.39, 0.29) is 0 Å². The number of rotatable bonds is 3. The van der Waals surface area contributed by atoms with Gasteiger partial charge in [0, 0.05) is 23.8 Å². The van der Waals surface area contributed by atoms with Crippen LogP contribution >= 0.6 is 0 Å². The van der Waals surface area contributed by atoms with Crippen molar-refractivity contribution in [2.75, 3.05) is 14.2 Å². The zero-order valence-electron chi connectivity index (χ0n) is 12.0. The largest absolute Gasteiger partial charge is 0.493 e. The lowest BCUT2D eigenvalue weighted by molar-refractivity contribution is 0.354. The van der Waals surface area contributed by atoms with Gasteiger partial charge in [-0.15, -0.1) is 0 Å². The molecule has 4 heteroatoms. The minimum absolute atomic E-state index is 0.696. The average Bonchev–Trinajstić information content (AvgIpc) is 2.76. The molecule has 1 aliphatic rings. The molecule has 2 aromatic rings. The van der Waals surface area contributed by atoms with Crippen molar-refractivity contribution in [3.8, 4) is 11.5 Å². The molecule has 1 aliphatic heterocycles. The van der Waals surface area contributed by atoms with E-state index < -0.39 is 0 Å². The molecule has 0 fully saturated rings. The van der Waals surface area contributed by atoms with Crippen molar-refractivity contribution in [2.45, 2.75) is 6.42 Å². The minimum atomic E-state index is 0.696. The van der Waals surface area contributed by atoms with Crippen molar-refractivity contribution in [1.82, 2.24) is 0 Å². The van der Waals surface area contributed by atoms with Crippen LogP contribution in [-0.4, -0.2) is 26.1 Å². The molecular weight excluding hydrogens is 264 g/mol. The van der Waals surface area contributed by atoms with Crippen LogP contribution in [0.15, 0.2) is 52.7 Å². The third-order valence-corrected chi connectivity index (χ3v) is 3.46. The summed E-state index contributed by atoms with van der Waals surface area (Å²) in [5.74, 6) is 1.42. The van der Waals surface area contributed by atoms with Crippen LogP contribution in [0.4, 0.5) is 0 Å². The first-order valence-electron chi connectivity index (χ1n) is 6.73. The lowest BCUT2D eigenvalue weighted by Crippen LogP contribution is -2.07. The Bertz CT molecular complexity index is 706. The summed E-state index contributed by atoms with van der Waals surface area (Å²) in [5, 5.41) is 8.49. The van der Waals surface area contributed by atoms with E-state index in [1.807, 2.05) is 42.5 Å². The third-order valence-electron chi connectivity index (χ3n) is 3.46. The molecule has 0 amide bonds. The first-order chi connectivity index (χ1) is 10.3. The Balaban J connectivity index is 2.18. The third kappa shape index (κ3) is 2.52. The monoisotopic (exact) mass is 280 g/mol. The molecule has 0 aromatic heterocycles. The van der Waals surface area contributed by atoms with Gasteiger partial charge in [-0.05, 0) is 17.7 Å². The predicted molar refractivity (Wildman–Crippen MR) is 83.8 cm³/mol. The number of ether oxygens (including phenoxy) is 2. The summed E-state index contributed by atoms with van der Waals surface area (Å²) in [6.07, 6.45) is 2.52. The quantitative estimate of drug-likeness (QED) is 0.867. The normalized spacial score (nSPS) is 13.1. The van der Waals surface area contributed by atoms with Crippen molar-refractivity contribution in [1.29, 1.82) is 0 Å². The smallest absolute Gasteiger partial charge is 0.161 e. The Morgan fingerprint density at radius 1 is 0.952 bits per heavy atom. The van der Waals surface area contributed by atoms with Gasteiger partial charge in [0.2, 0.25) is 0 Å². The first-order valence-corrected chi connectivity index (χ1v) is 6.73. The van der Waals surface area contributed by atoms with Gasteiger partial charge in [0.05, 0.1) is 14.2 Å². The summed E-state index contributed by atoms with van der Waals surface area (Å²) >= 11 is 0. The average molecular weight is 280 g/mol. The second-order valence-corrected chi connectivity index (χ2v) is 4.68. The van der Waals surface area contributed by atoms with Crippen molar-refractivity contribution in [3.63, 3.8) is 0 Å². The molecule has 0 bridgehead atoms. The van der Waals surface area contributed by atoms with E-state index in [1.54, 1.807) is 20.4 Å². The summed E-state index contributed by atoms with van der Waals surface area (Å²) in [5.41, 5.74) is 4.03. The molecule has 0 radical (unpaired) electrons. The molecule has 0 aliphatic carbocycles. The highest BCUT2D eigenvalue weighted by Gasteiger charge is 2.17. The number of benzene rings is 2. The fourth-order valence-corrected chi connectivity index (χ4v) is 2.41. The number of methoxy groups -OCH3 is 2. The van der Waals surface area contributed by atoms with Gasteiger partial charge in [-0.1, -0.05) is 30.3 Å². The lowest BCUT2D eigenvalue weighted by atomic mass is 9.95. The van der Waals surface area contributed by atoms with Crippen LogP contribution in [-0.2, 0) is 6.42 Å². The second-order valence-electron chi connectivity index (χ2n) is 4.68. The topological polar surface area (TPSA) is 43.2 Å². The van der Waals surface area contributed by atoms with Crippen LogP contribution in [0.1, 0.15) is 16.7 Å². The number of nitrogens with zero attached hydrogens (tertiary/aromatic N) is 2. The summed E-state index contributed by atoms with van der Waals surface area (Å²) in [6, 6.07) is 14.0. The molecule has 0 saturated heterocycles. The van der Waals surface area contributed by atoms with E-state index in [1.165, 1.54) is 0 Å². The lowest BCUT2D eigenvalue weighted by Gasteiger charge is -2.14. The summed E-state index contributed by atoms with van der Waals surface area (Å²) in [6.45, 7) is 0. The molecule has 2 aromatic carbocycles. The second kappa shape index (κ2) is 5.79. The highest BCUT2D eigenvalue weighted by atomic mass is 16.5. The maximum absolute atomic E-state index is 5.41. The van der Waals surface area contributed by atoms with Gasteiger partial charge in [0.15, 0.2) is 11.5 Å². The number of hydrogen-bond acceptors (Lipinski definition) is 4. The van der Waals surface area contributed by atoms with Crippen molar-refractivity contribution >= 4 is 11.9 Å². The van der Waals surface area contributed by atoms with Crippen LogP contribution in [0.2, 0.25) is 0 Å². The minimum Gasteiger partial charge on any atom is -0.493 e. The molecule has 0 saturated carbocycles. The van der Waals surface area contributed by atoms with Crippen LogP contribution in [0, 0.1) is 0 Å². The Kier molecular flexibility index (Phi) is 3.69.